The molecular formula is C38H23N3. The summed E-state index contributed by atoms with van der Waals surface area (Å²) in [6.45, 7) is 0. The Morgan fingerprint density at radius 1 is 0.463 bits per heavy atom. The second-order valence-electron chi connectivity index (χ2n) is 10.6. The zero-order chi connectivity index (χ0) is 26.9. The number of fused-ring (bicyclic) bond motifs is 7. The molecule has 0 bridgehead atoms. The molecule has 190 valence electrons. The third-order valence-electron chi connectivity index (χ3n) is 8.35. The maximum Gasteiger partial charge on any atom is 0.235 e. The molecule has 0 amide bonds. The molecule has 2 heterocycles. The number of nitrogens with zero attached hydrogens (tertiary/aromatic N) is 3. The first-order valence-electron chi connectivity index (χ1n) is 13.9. The maximum absolute atomic E-state index is 5.25. The Morgan fingerprint density at radius 2 is 1.10 bits per heavy atom. The summed E-state index contributed by atoms with van der Waals surface area (Å²) in [5.74, 6) is 0.674. The lowest BCUT2D eigenvalue weighted by Gasteiger charge is -2.13. The summed E-state index contributed by atoms with van der Waals surface area (Å²) in [5, 5.41) is 4.99. The van der Waals surface area contributed by atoms with Gasteiger partial charge in [-0.05, 0) is 39.6 Å². The average molecular weight is 522 g/mol. The van der Waals surface area contributed by atoms with Crippen molar-refractivity contribution in [2.45, 2.75) is 0 Å². The van der Waals surface area contributed by atoms with Crippen LogP contribution in [-0.2, 0) is 0 Å². The predicted octanol–water partition coefficient (Wildman–Crippen LogP) is 9.71. The molecule has 0 spiro atoms. The molecule has 0 radical (unpaired) electrons. The second-order valence-corrected chi connectivity index (χ2v) is 10.6. The van der Waals surface area contributed by atoms with Crippen LogP contribution in [0.3, 0.4) is 0 Å². The normalized spacial score (nSPS) is 11.9. The Bertz CT molecular complexity index is 2230. The highest BCUT2D eigenvalue weighted by molar-refractivity contribution is 6.24. The van der Waals surface area contributed by atoms with Crippen LogP contribution in [0.5, 0.6) is 0 Å². The van der Waals surface area contributed by atoms with Gasteiger partial charge in [-0.2, -0.15) is 0 Å². The van der Waals surface area contributed by atoms with Crippen molar-refractivity contribution in [2.24, 2.45) is 0 Å². The van der Waals surface area contributed by atoms with Gasteiger partial charge in [-0.1, -0.05) is 127 Å². The first-order chi connectivity index (χ1) is 20.3. The molecule has 3 nitrogen and oxygen atoms in total. The van der Waals surface area contributed by atoms with Crippen molar-refractivity contribution in [2.75, 3.05) is 0 Å². The number of para-hydroxylation sites is 1. The summed E-state index contributed by atoms with van der Waals surface area (Å²) in [5.41, 5.74) is 11.3. The smallest absolute Gasteiger partial charge is 0.235 e. The summed E-state index contributed by atoms with van der Waals surface area (Å²) in [4.78, 5) is 10.5. The first kappa shape index (κ1) is 22.3. The minimum atomic E-state index is 0.674. The lowest BCUT2D eigenvalue weighted by molar-refractivity contribution is 0.996. The molecule has 41 heavy (non-hydrogen) atoms. The minimum Gasteiger partial charge on any atom is -0.277 e. The first-order valence-corrected chi connectivity index (χ1v) is 13.9. The van der Waals surface area contributed by atoms with Crippen molar-refractivity contribution < 1.29 is 0 Å². The molecule has 2 aromatic heterocycles. The van der Waals surface area contributed by atoms with Crippen LogP contribution in [-0.4, -0.2) is 14.5 Å². The summed E-state index contributed by atoms with van der Waals surface area (Å²) in [7, 11) is 0. The van der Waals surface area contributed by atoms with Crippen LogP contribution in [0.4, 0.5) is 0 Å². The SMILES string of the molecule is c1ccc(-c2cc(-c3ccccc3)nc(-n3c4ccccc4c4ccc5c(c43)-c3cccc4cccc-5c34)n2)cc1. The number of hydrogen-bond acceptors (Lipinski definition) is 2. The van der Waals surface area contributed by atoms with Gasteiger partial charge in [-0.3, -0.25) is 4.57 Å². The molecule has 3 heteroatoms. The maximum atomic E-state index is 5.25. The number of benzene rings is 6. The molecule has 0 fully saturated rings. The molecule has 0 saturated carbocycles. The van der Waals surface area contributed by atoms with E-state index in [1.165, 1.54) is 43.8 Å². The molecule has 6 aromatic carbocycles. The van der Waals surface area contributed by atoms with Crippen molar-refractivity contribution >= 4 is 32.6 Å². The van der Waals surface area contributed by atoms with Crippen LogP contribution >= 0.6 is 0 Å². The van der Waals surface area contributed by atoms with Crippen molar-refractivity contribution in [3.8, 4) is 50.7 Å². The fraction of sp³-hybridized carbons (Fsp3) is 0. The van der Waals surface area contributed by atoms with E-state index < -0.39 is 0 Å². The second kappa shape index (κ2) is 8.48. The van der Waals surface area contributed by atoms with Crippen molar-refractivity contribution in [3.05, 3.63) is 140 Å². The molecule has 1 aliphatic carbocycles. The quantitative estimate of drug-likeness (QED) is 0.232. The summed E-state index contributed by atoms with van der Waals surface area (Å²) < 4.78 is 2.28. The Labute approximate surface area is 237 Å². The number of aromatic nitrogens is 3. The fourth-order valence-corrected chi connectivity index (χ4v) is 6.58. The van der Waals surface area contributed by atoms with Gasteiger partial charge in [0, 0.05) is 27.5 Å². The third kappa shape index (κ3) is 3.20. The Morgan fingerprint density at radius 3 is 1.80 bits per heavy atom. The molecule has 9 rings (SSSR count). The van der Waals surface area contributed by atoms with E-state index in [0.29, 0.717) is 5.95 Å². The van der Waals surface area contributed by atoms with Gasteiger partial charge < -0.3 is 0 Å². The largest absolute Gasteiger partial charge is 0.277 e. The molecule has 8 aromatic rings. The van der Waals surface area contributed by atoms with Gasteiger partial charge >= 0.3 is 0 Å². The van der Waals surface area contributed by atoms with Gasteiger partial charge in [0.05, 0.1) is 22.4 Å². The summed E-state index contributed by atoms with van der Waals surface area (Å²) in [6, 6.07) is 49.3. The van der Waals surface area contributed by atoms with Crippen LogP contribution in [0.15, 0.2) is 140 Å². The van der Waals surface area contributed by atoms with Crippen LogP contribution in [0.1, 0.15) is 0 Å². The zero-order valence-corrected chi connectivity index (χ0v) is 22.1. The molecule has 0 saturated heterocycles. The van der Waals surface area contributed by atoms with Gasteiger partial charge in [0.2, 0.25) is 5.95 Å². The van der Waals surface area contributed by atoms with Crippen molar-refractivity contribution in [1.82, 2.24) is 14.5 Å². The van der Waals surface area contributed by atoms with E-state index in [4.69, 9.17) is 9.97 Å². The van der Waals surface area contributed by atoms with Gasteiger partial charge in [-0.25, -0.2) is 9.97 Å². The topological polar surface area (TPSA) is 30.7 Å². The van der Waals surface area contributed by atoms with Crippen molar-refractivity contribution in [3.63, 3.8) is 0 Å². The predicted molar refractivity (Wildman–Crippen MR) is 169 cm³/mol. The molecule has 0 aliphatic heterocycles. The lowest BCUT2D eigenvalue weighted by atomic mass is 10.0. The van der Waals surface area contributed by atoms with Crippen LogP contribution in [0, 0.1) is 0 Å². The fourth-order valence-electron chi connectivity index (χ4n) is 6.58. The number of rotatable bonds is 3. The van der Waals surface area contributed by atoms with Gasteiger partial charge in [-0.15, -0.1) is 0 Å². The summed E-state index contributed by atoms with van der Waals surface area (Å²) >= 11 is 0. The van der Waals surface area contributed by atoms with Crippen molar-refractivity contribution in [1.29, 1.82) is 0 Å². The van der Waals surface area contributed by atoms with Gasteiger partial charge in [0.15, 0.2) is 0 Å². The highest BCUT2D eigenvalue weighted by atomic mass is 15.2. The van der Waals surface area contributed by atoms with E-state index in [2.05, 4.69) is 132 Å². The molecule has 0 unspecified atom stereocenters. The van der Waals surface area contributed by atoms with E-state index in [-0.39, 0.29) is 0 Å². The average Bonchev–Trinajstić information content (AvgIpc) is 3.56. The zero-order valence-electron chi connectivity index (χ0n) is 22.1. The third-order valence-corrected chi connectivity index (χ3v) is 8.35. The number of hydrogen-bond donors (Lipinski definition) is 0. The van der Waals surface area contributed by atoms with E-state index in [1.54, 1.807) is 0 Å². The highest BCUT2D eigenvalue weighted by Crippen LogP contribution is 2.51. The van der Waals surface area contributed by atoms with Crippen LogP contribution in [0.25, 0.3) is 83.3 Å². The van der Waals surface area contributed by atoms with E-state index in [1.807, 2.05) is 12.1 Å². The Kier molecular flexibility index (Phi) is 4.61. The van der Waals surface area contributed by atoms with E-state index in [9.17, 15) is 0 Å². The highest BCUT2D eigenvalue weighted by Gasteiger charge is 2.27. The van der Waals surface area contributed by atoms with E-state index in [0.717, 1.165) is 33.5 Å². The van der Waals surface area contributed by atoms with Gasteiger partial charge in [0.1, 0.15) is 0 Å². The lowest BCUT2D eigenvalue weighted by Crippen LogP contribution is -2.04. The Hall–Kier alpha value is -5.54. The molecular weight excluding hydrogens is 498 g/mol. The molecule has 0 N–H and O–H groups in total. The standard InChI is InChI=1S/C38H23N3/c1-3-11-24(12-4-1)32-23-33(25-13-5-2-6-14-25)40-38(39-32)41-34-20-8-7-17-27(34)30-22-21-29-28-18-9-15-26-16-10-19-31(35(26)28)36(29)37(30)41/h1-23H. The monoisotopic (exact) mass is 521 g/mol. The van der Waals surface area contributed by atoms with Crippen LogP contribution < -0.4 is 0 Å². The summed E-state index contributed by atoms with van der Waals surface area (Å²) in [6.07, 6.45) is 0. The van der Waals surface area contributed by atoms with Gasteiger partial charge in [0.25, 0.3) is 0 Å². The molecule has 1 aliphatic rings. The Balaban J connectivity index is 1.43. The van der Waals surface area contributed by atoms with E-state index >= 15 is 0 Å². The molecule has 0 atom stereocenters. The van der Waals surface area contributed by atoms with Crippen LogP contribution in [0.2, 0.25) is 0 Å². The minimum absolute atomic E-state index is 0.674.